The van der Waals surface area contributed by atoms with Gasteiger partial charge in [-0.15, -0.1) is 0 Å². The molecule has 0 saturated carbocycles. The molecule has 1 N–H and O–H groups in total. The van der Waals surface area contributed by atoms with Crippen molar-refractivity contribution in [1.82, 2.24) is 9.55 Å². The highest BCUT2D eigenvalue weighted by atomic mass is 16.4. The Hall–Kier alpha value is -1.84. The maximum Gasteiger partial charge on any atom is 0.337 e. The van der Waals surface area contributed by atoms with Crippen LogP contribution < -0.4 is 0 Å². The summed E-state index contributed by atoms with van der Waals surface area (Å²) in [4.78, 5) is 15.4. The van der Waals surface area contributed by atoms with Crippen LogP contribution in [0.2, 0.25) is 0 Å². The molecule has 0 amide bonds. The summed E-state index contributed by atoms with van der Waals surface area (Å²) in [6.07, 6.45) is 0.796. The van der Waals surface area contributed by atoms with E-state index in [9.17, 15) is 4.79 Å². The number of carboxylic acid groups (broad SMARTS) is 1. The fourth-order valence-corrected chi connectivity index (χ4v) is 1.81. The van der Waals surface area contributed by atoms with E-state index in [4.69, 9.17) is 5.11 Å². The Morgan fingerprint density at radius 3 is 2.87 bits per heavy atom. The van der Waals surface area contributed by atoms with Gasteiger partial charge in [0.1, 0.15) is 5.82 Å². The van der Waals surface area contributed by atoms with Crippen LogP contribution in [0.15, 0.2) is 18.2 Å². The van der Waals surface area contributed by atoms with Gasteiger partial charge in [-0.3, -0.25) is 0 Å². The second-order valence-electron chi connectivity index (χ2n) is 3.42. The molecule has 1 heterocycles. The number of aromatic carboxylic acids is 1. The molecular formula is C11H12N2O2. The number of para-hydroxylation sites is 1. The summed E-state index contributed by atoms with van der Waals surface area (Å²) in [6.45, 7) is 2.00. The molecule has 0 saturated heterocycles. The highest BCUT2D eigenvalue weighted by Gasteiger charge is 2.14. The molecule has 0 aliphatic carbocycles. The van der Waals surface area contributed by atoms with Crippen molar-refractivity contribution in [3.63, 3.8) is 0 Å². The standard InChI is InChI=1S/C11H12N2O2/c1-3-9-12-8-6-4-5-7(11(14)15)10(8)13(9)2/h4-6H,3H2,1-2H3,(H,14,15). The van der Waals surface area contributed by atoms with Gasteiger partial charge in [0.05, 0.1) is 16.6 Å². The molecular weight excluding hydrogens is 192 g/mol. The average Bonchev–Trinajstić information content (AvgIpc) is 2.55. The van der Waals surface area contributed by atoms with Gasteiger partial charge in [0.15, 0.2) is 0 Å². The third kappa shape index (κ3) is 1.38. The van der Waals surface area contributed by atoms with Crippen molar-refractivity contribution < 1.29 is 9.90 Å². The molecule has 0 unspecified atom stereocenters. The lowest BCUT2D eigenvalue weighted by molar-refractivity contribution is 0.0698. The van der Waals surface area contributed by atoms with Crippen LogP contribution in [0.5, 0.6) is 0 Å². The molecule has 0 spiro atoms. The fourth-order valence-electron chi connectivity index (χ4n) is 1.81. The Balaban J connectivity index is 2.84. The molecule has 15 heavy (non-hydrogen) atoms. The lowest BCUT2D eigenvalue weighted by Crippen LogP contribution is -2.02. The fraction of sp³-hybridized carbons (Fsp3) is 0.273. The number of benzene rings is 1. The number of nitrogens with zero attached hydrogens (tertiary/aromatic N) is 2. The topological polar surface area (TPSA) is 55.1 Å². The van der Waals surface area contributed by atoms with Crippen LogP contribution in [0, 0.1) is 0 Å². The Kier molecular flexibility index (Phi) is 2.19. The van der Waals surface area contributed by atoms with E-state index in [1.807, 2.05) is 24.6 Å². The van der Waals surface area contributed by atoms with Gasteiger partial charge in [0.2, 0.25) is 0 Å². The SMILES string of the molecule is CCc1nc2cccc(C(=O)O)c2n1C. The smallest absolute Gasteiger partial charge is 0.337 e. The number of aryl methyl sites for hydroxylation is 2. The van der Waals surface area contributed by atoms with E-state index < -0.39 is 5.97 Å². The maximum absolute atomic E-state index is 11.0. The number of imidazole rings is 1. The Labute approximate surface area is 87.2 Å². The molecule has 78 valence electrons. The van der Waals surface area contributed by atoms with E-state index in [1.165, 1.54) is 0 Å². The molecule has 2 aromatic rings. The number of carbonyl (C=O) groups is 1. The normalized spacial score (nSPS) is 10.8. The van der Waals surface area contributed by atoms with Crippen LogP contribution in [-0.2, 0) is 13.5 Å². The van der Waals surface area contributed by atoms with Crippen LogP contribution >= 0.6 is 0 Å². The Morgan fingerprint density at radius 2 is 2.27 bits per heavy atom. The first kappa shape index (κ1) is 9.71. The number of fused-ring (bicyclic) bond motifs is 1. The third-order valence-electron chi connectivity index (χ3n) is 2.53. The molecule has 0 fully saturated rings. The number of hydrogen-bond donors (Lipinski definition) is 1. The monoisotopic (exact) mass is 204 g/mol. The number of hydrogen-bond acceptors (Lipinski definition) is 2. The molecule has 0 radical (unpaired) electrons. The first-order valence-electron chi connectivity index (χ1n) is 4.82. The maximum atomic E-state index is 11.0. The van der Waals surface area contributed by atoms with Crippen molar-refractivity contribution in [1.29, 1.82) is 0 Å². The van der Waals surface area contributed by atoms with Crippen LogP contribution in [0.4, 0.5) is 0 Å². The zero-order valence-electron chi connectivity index (χ0n) is 8.69. The van der Waals surface area contributed by atoms with Gasteiger partial charge in [0.25, 0.3) is 0 Å². The van der Waals surface area contributed by atoms with Gasteiger partial charge in [-0.1, -0.05) is 13.0 Å². The molecule has 1 aromatic heterocycles. The van der Waals surface area contributed by atoms with E-state index in [-0.39, 0.29) is 0 Å². The van der Waals surface area contributed by atoms with Crippen LogP contribution in [0.1, 0.15) is 23.1 Å². The van der Waals surface area contributed by atoms with E-state index in [1.54, 1.807) is 12.1 Å². The molecule has 0 aliphatic rings. The van der Waals surface area contributed by atoms with Gasteiger partial charge in [0, 0.05) is 13.5 Å². The molecule has 4 nitrogen and oxygen atoms in total. The van der Waals surface area contributed by atoms with E-state index in [0.717, 1.165) is 17.8 Å². The summed E-state index contributed by atoms with van der Waals surface area (Å²) in [5, 5.41) is 9.05. The predicted molar refractivity (Wildman–Crippen MR) is 57.1 cm³/mol. The largest absolute Gasteiger partial charge is 0.478 e. The van der Waals surface area contributed by atoms with Gasteiger partial charge in [-0.2, -0.15) is 0 Å². The minimum Gasteiger partial charge on any atom is -0.478 e. The lowest BCUT2D eigenvalue weighted by atomic mass is 10.2. The van der Waals surface area contributed by atoms with Crippen molar-refractivity contribution in [2.75, 3.05) is 0 Å². The van der Waals surface area contributed by atoms with Crippen LogP contribution in [0.25, 0.3) is 11.0 Å². The van der Waals surface area contributed by atoms with Crippen molar-refractivity contribution >= 4 is 17.0 Å². The van der Waals surface area contributed by atoms with Gasteiger partial charge in [-0.05, 0) is 12.1 Å². The molecule has 0 atom stereocenters. The molecule has 2 rings (SSSR count). The molecule has 4 heteroatoms. The number of aromatic nitrogens is 2. The summed E-state index contributed by atoms with van der Waals surface area (Å²) in [6, 6.07) is 5.16. The minimum atomic E-state index is -0.911. The van der Waals surface area contributed by atoms with E-state index >= 15 is 0 Å². The summed E-state index contributed by atoms with van der Waals surface area (Å²) in [5.41, 5.74) is 1.75. The zero-order chi connectivity index (χ0) is 11.0. The van der Waals surface area contributed by atoms with Gasteiger partial charge < -0.3 is 9.67 Å². The summed E-state index contributed by atoms with van der Waals surface area (Å²) in [7, 11) is 1.85. The average molecular weight is 204 g/mol. The van der Waals surface area contributed by atoms with Gasteiger partial charge >= 0.3 is 5.97 Å². The Bertz CT molecular complexity index is 529. The first-order chi connectivity index (χ1) is 7.15. The summed E-state index contributed by atoms with van der Waals surface area (Å²) >= 11 is 0. The van der Waals surface area contributed by atoms with Crippen molar-refractivity contribution in [2.45, 2.75) is 13.3 Å². The van der Waals surface area contributed by atoms with Crippen molar-refractivity contribution in [3.8, 4) is 0 Å². The molecule has 0 aliphatic heterocycles. The summed E-state index contributed by atoms with van der Waals surface area (Å²) < 4.78 is 1.85. The number of rotatable bonds is 2. The zero-order valence-corrected chi connectivity index (χ0v) is 8.69. The second-order valence-corrected chi connectivity index (χ2v) is 3.42. The third-order valence-corrected chi connectivity index (χ3v) is 2.53. The lowest BCUT2D eigenvalue weighted by Gasteiger charge is -2.01. The van der Waals surface area contributed by atoms with E-state index in [0.29, 0.717) is 11.1 Å². The first-order valence-corrected chi connectivity index (χ1v) is 4.82. The number of carboxylic acids is 1. The van der Waals surface area contributed by atoms with Crippen molar-refractivity contribution in [2.24, 2.45) is 7.05 Å². The predicted octanol–water partition coefficient (Wildman–Crippen LogP) is 1.83. The molecule has 1 aromatic carbocycles. The van der Waals surface area contributed by atoms with Crippen molar-refractivity contribution in [3.05, 3.63) is 29.6 Å². The Morgan fingerprint density at radius 1 is 1.53 bits per heavy atom. The minimum absolute atomic E-state index is 0.308. The summed E-state index contributed by atoms with van der Waals surface area (Å²) in [5.74, 6) is -0.00930. The molecule has 0 bridgehead atoms. The highest BCUT2D eigenvalue weighted by Crippen LogP contribution is 2.19. The van der Waals surface area contributed by atoms with Crippen LogP contribution in [-0.4, -0.2) is 20.6 Å². The quantitative estimate of drug-likeness (QED) is 0.812. The van der Waals surface area contributed by atoms with Crippen LogP contribution in [0.3, 0.4) is 0 Å². The van der Waals surface area contributed by atoms with Gasteiger partial charge in [-0.25, -0.2) is 9.78 Å². The second kappa shape index (κ2) is 3.38. The van der Waals surface area contributed by atoms with E-state index in [2.05, 4.69) is 4.98 Å². The highest BCUT2D eigenvalue weighted by molar-refractivity contribution is 6.01.